The van der Waals surface area contributed by atoms with E-state index < -0.39 is 23.8 Å². The smallest absolute Gasteiger partial charge is 0.262 e. The average Bonchev–Trinajstić information content (AvgIpc) is 2.91. The van der Waals surface area contributed by atoms with E-state index in [0.717, 1.165) is 36.8 Å². The number of anilines is 1. The third kappa shape index (κ3) is 3.20. The molecular weight excluding hydrogens is 336 g/mol. The van der Waals surface area contributed by atoms with E-state index in [1.54, 1.807) is 12.1 Å². The summed E-state index contributed by atoms with van der Waals surface area (Å²) < 4.78 is 0. The van der Waals surface area contributed by atoms with Crippen molar-refractivity contribution in [3.63, 3.8) is 0 Å². The minimum Gasteiger partial charge on any atom is -0.369 e. The maximum atomic E-state index is 12.9. The summed E-state index contributed by atoms with van der Waals surface area (Å²) in [6.45, 7) is 5.22. The monoisotopic (exact) mass is 358 g/mol. The fourth-order valence-corrected chi connectivity index (χ4v) is 3.46. The van der Waals surface area contributed by atoms with Crippen molar-refractivity contribution in [2.75, 3.05) is 31.1 Å². The van der Waals surface area contributed by atoms with Crippen LogP contribution in [-0.4, -0.2) is 61.3 Å². The number of nitrogens with zero attached hydrogens (tertiary/aromatic N) is 2. The molecular formula is C18H22N4O4. The normalized spacial score (nSPS) is 17.9. The SMILES string of the molecule is CCCC(C(=O)NC=O)N1C(=O)c2ccc(N3CCNCC3)cc2C1=O. The van der Waals surface area contributed by atoms with Gasteiger partial charge >= 0.3 is 0 Å². The van der Waals surface area contributed by atoms with Gasteiger partial charge in [0, 0.05) is 31.9 Å². The molecule has 2 heterocycles. The van der Waals surface area contributed by atoms with Crippen molar-refractivity contribution in [3.8, 4) is 0 Å². The lowest BCUT2D eigenvalue weighted by Crippen LogP contribution is -2.49. The van der Waals surface area contributed by atoms with Crippen LogP contribution in [-0.2, 0) is 9.59 Å². The highest BCUT2D eigenvalue weighted by atomic mass is 16.2. The quantitative estimate of drug-likeness (QED) is 0.554. The third-order valence-electron chi connectivity index (χ3n) is 4.76. The van der Waals surface area contributed by atoms with Crippen LogP contribution in [0.15, 0.2) is 18.2 Å². The Balaban J connectivity index is 1.90. The van der Waals surface area contributed by atoms with E-state index in [9.17, 15) is 19.2 Å². The van der Waals surface area contributed by atoms with Gasteiger partial charge < -0.3 is 10.2 Å². The Hall–Kier alpha value is -2.74. The number of benzene rings is 1. The number of imide groups is 2. The van der Waals surface area contributed by atoms with E-state index in [0.29, 0.717) is 24.0 Å². The molecule has 138 valence electrons. The molecule has 0 radical (unpaired) electrons. The first-order chi connectivity index (χ1) is 12.6. The second-order valence-corrected chi connectivity index (χ2v) is 6.38. The summed E-state index contributed by atoms with van der Waals surface area (Å²) in [5, 5.41) is 5.33. The summed E-state index contributed by atoms with van der Waals surface area (Å²) in [4.78, 5) is 51.5. The van der Waals surface area contributed by atoms with Crippen LogP contribution in [0.3, 0.4) is 0 Å². The molecule has 0 aromatic heterocycles. The van der Waals surface area contributed by atoms with Crippen LogP contribution in [0.25, 0.3) is 0 Å². The van der Waals surface area contributed by atoms with Crippen LogP contribution in [0.5, 0.6) is 0 Å². The second kappa shape index (κ2) is 7.65. The predicted molar refractivity (Wildman–Crippen MR) is 94.9 cm³/mol. The standard InChI is InChI=1S/C18H22N4O4/c1-2-3-15(16(24)20-11-23)22-17(25)13-5-4-12(10-14(13)18(22)26)21-8-6-19-7-9-21/h4-5,10-11,15,19H,2-3,6-9H2,1H3,(H,20,23,24). The molecule has 0 spiro atoms. The Bertz CT molecular complexity index is 743. The van der Waals surface area contributed by atoms with Gasteiger partial charge in [0.25, 0.3) is 11.8 Å². The molecule has 8 nitrogen and oxygen atoms in total. The summed E-state index contributed by atoms with van der Waals surface area (Å²) in [6, 6.07) is 4.22. The van der Waals surface area contributed by atoms with Gasteiger partial charge in [-0.3, -0.25) is 29.4 Å². The van der Waals surface area contributed by atoms with Gasteiger partial charge in [-0.05, 0) is 24.6 Å². The number of hydrogen-bond donors (Lipinski definition) is 2. The minimum absolute atomic E-state index is 0.270. The van der Waals surface area contributed by atoms with Gasteiger partial charge in [0.05, 0.1) is 11.1 Å². The van der Waals surface area contributed by atoms with Gasteiger partial charge in [-0.15, -0.1) is 0 Å². The van der Waals surface area contributed by atoms with Crippen LogP contribution in [0.2, 0.25) is 0 Å². The molecule has 3 rings (SSSR count). The van der Waals surface area contributed by atoms with Crippen molar-refractivity contribution in [3.05, 3.63) is 29.3 Å². The molecule has 0 aliphatic carbocycles. The highest BCUT2D eigenvalue weighted by Gasteiger charge is 2.42. The van der Waals surface area contributed by atoms with E-state index in [1.165, 1.54) is 0 Å². The highest BCUT2D eigenvalue weighted by Crippen LogP contribution is 2.30. The van der Waals surface area contributed by atoms with Crippen LogP contribution in [0.1, 0.15) is 40.5 Å². The number of piperazine rings is 1. The predicted octanol–water partition coefficient (Wildman–Crippen LogP) is 0.134. The van der Waals surface area contributed by atoms with Crippen molar-refractivity contribution in [1.29, 1.82) is 0 Å². The molecule has 1 aromatic rings. The van der Waals surface area contributed by atoms with Gasteiger partial charge in [0.2, 0.25) is 12.3 Å². The number of nitrogens with one attached hydrogen (secondary N) is 2. The third-order valence-corrected chi connectivity index (χ3v) is 4.76. The number of fused-ring (bicyclic) bond motifs is 1. The number of carbonyl (C=O) groups excluding carboxylic acids is 4. The van der Waals surface area contributed by atoms with E-state index >= 15 is 0 Å². The van der Waals surface area contributed by atoms with Gasteiger partial charge in [0.15, 0.2) is 0 Å². The van der Waals surface area contributed by atoms with E-state index in [1.807, 2.05) is 13.0 Å². The van der Waals surface area contributed by atoms with Crippen LogP contribution in [0.4, 0.5) is 5.69 Å². The van der Waals surface area contributed by atoms with Crippen LogP contribution >= 0.6 is 0 Å². The maximum absolute atomic E-state index is 12.9. The molecule has 1 fully saturated rings. The fourth-order valence-electron chi connectivity index (χ4n) is 3.46. The fraction of sp³-hybridized carbons (Fsp3) is 0.444. The zero-order valence-corrected chi connectivity index (χ0v) is 14.7. The summed E-state index contributed by atoms with van der Waals surface area (Å²) >= 11 is 0. The molecule has 2 aliphatic rings. The van der Waals surface area contributed by atoms with Crippen molar-refractivity contribution in [1.82, 2.24) is 15.5 Å². The van der Waals surface area contributed by atoms with Gasteiger partial charge in [0.1, 0.15) is 6.04 Å². The Labute approximate surface area is 151 Å². The Morgan fingerprint density at radius 3 is 2.58 bits per heavy atom. The van der Waals surface area contributed by atoms with E-state index in [-0.39, 0.29) is 6.41 Å². The molecule has 2 aliphatic heterocycles. The first kappa shape index (κ1) is 18.1. The molecule has 1 atom stereocenters. The van der Waals surface area contributed by atoms with E-state index in [2.05, 4.69) is 15.5 Å². The largest absolute Gasteiger partial charge is 0.369 e. The Morgan fingerprint density at radius 2 is 1.92 bits per heavy atom. The van der Waals surface area contributed by atoms with Crippen molar-refractivity contribution >= 4 is 29.8 Å². The molecule has 1 saturated heterocycles. The van der Waals surface area contributed by atoms with Gasteiger partial charge in [-0.1, -0.05) is 13.3 Å². The van der Waals surface area contributed by atoms with Crippen LogP contribution in [0, 0.1) is 0 Å². The summed E-state index contributed by atoms with van der Waals surface area (Å²) in [7, 11) is 0. The molecule has 4 amide bonds. The number of rotatable bonds is 6. The topological polar surface area (TPSA) is 98.8 Å². The number of hydrogen-bond acceptors (Lipinski definition) is 6. The summed E-state index contributed by atoms with van der Waals surface area (Å²) in [6.07, 6.45) is 1.16. The lowest BCUT2D eigenvalue weighted by molar-refractivity contribution is -0.128. The molecule has 8 heteroatoms. The zero-order chi connectivity index (χ0) is 18.7. The molecule has 2 N–H and O–H groups in total. The Kier molecular flexibility index (Phi) is 5.32. The van der Waals surface area contributed by atoms with Crippen LogP contribution < -0.4 is 15.5 Å². The minimum atomic E-state index is -0.986. The molecule has 1 aromatic carbocycles. The highest BCUT2D eigenvalue weighted by molar-refractivity contribution is 6.23. The summed E-state index contributed by atoms with van der Waals surface area (Å²) in [5.41, 5.74) is 1.50. The van der Waals surface area contributed by atoms with Crippen molar-refractivity contribution < 1.29 is 19.2 Å². The first-order valence-electron chi connectivity index (χ1n) is 8.80. The lowest BCUT2D eigenvalue weighted by atomic mass is 10.1. The first-order valence-corrected chi connectivity index (χ1v) is 8.80. The average molecular weight is 358 g/mol. The van der Waals surface area contributed by atoms with Crippen molar-refractivity contribution in [2.45, 2.75) is 25.8 Å². The van der Waals surface area contributed by atoms with Gasteiger partial charge in [-0.2, -0.15) is 0 Å². The molecule has 1 unspecified atom stereocenters. The van der Waals surface area contributed by atoms with E-state index in [4.69, 9.17) is 0 Å². The lowest BCUT2D eigenvalue weighted by Gasteiger charge is -2.29. The second-order valence-electron chi connectivity index (χ2n) is 6.38. The zero-order valence-electron chi connectivity index (χ0n) is 14.7. The van der Waals surface area contributed by atoms with Crippen molar-refractivity contribution in [2.24, 2.45) is 0 Å². The maximum Gasteiger partial charge on any atom is 0.262 e. The number of carbonyl (C=O) groups is 4. The Morgan fingerprint density at radius 1 is 1.23 bits per heavy atom. The molecule has 0 bridgehead atoms. The molecule has 26 heavy (non-hydrogen) atoms. The number of amides is 4. The molecule has 0 saturated carbocycles. The van der Waals surface area contributed by atoms with Gasteiger partial charge in [-0.25, -0.2) is 0 Å². The summed E-state index contributed by atoms with van der Waals surface area (Å²) in [5.74, 6) is -1.61.